The number of fused-ring (bicyclic) bond motifs is 5. The molecular formula is C22H32O2. The van der Waals surface area contributed by atoms with Gasteiger partial charge in [-0.2, -0.15) is 0 Å². The van der Waals surface area contributed by atoms with E-state index >= 15 is 0 Å². The van der Waals surface area contributed by atoms with Crippen molar-refractivity contribution in [1.82, 2.24) is 0 Å². The topological polar surface area (TPSA) is 29.5 Å². The van der Waals surface area contributed by atoms with Crippen molar-refractivity contribution in [2.45, 2.75) is 64.9 Å². The minimum atomic E-state index is -0.160. The van der Waals surface area contributed by atoms with Gasteiger partial charge in [-0.05, 0) is 97.3 Å². The van der Waals surface area contributed by atoms with E-state index in [1.807, 2.05) is 6.92 Å². The highest BCUT2D eigenvalue weighted by Crippen LogP contribution is 2.64. The molecular weight excluding hydrogens is 296 g/mol. The van der Waals surface area contributed by atoms with Gasteiger partial charge in [0.05, 0.1) is 13.2 Å². The van der Waals surface area contributed by atoms with Gasteiger partial charge in [0.25, 0.3) is 0 Å². The first kappa shape index (κ1) is 16.4. The van der Waals surface area contributed by atoms with Crippen molar-refractivity contribution >= 4 is 0 Å². The van der Waals surface area contributed by atoms with Crippen LogP contribution in [0.5, 0.6) is 5.75 Å². The zero-order chi connectivity index (χ0) is 17.1. The maximum Gasteiger partial charge on any atom is 0.119 e. The molecule has 2 heteroatoms. The smallest absolute Gasteiger partial charge is 0.119 e. The van der Waals surface area contributed by atoms with Crippen LogP contribution in [0.1, 0.15) is 63.5 Å². The third-order valence-corrected chi connectivity index (χ3v) is 7.94. The Kier molecular flexibility index (Phi) is 3.95. The van der Waals surface area contributed by atoms with Gasteiger partial charge < -0.3 is 9.84 Å². The van der Waals surface area contributed by atoms with Crippen LogP contribution in [0.25, 0.3) is 0 Å². The number of rotatable bonds is 2. The van der Waals surface area contributed by atoms with Gasteiger partial charge in [0.1, 0.15) is 5.75 Å². The fourth-order valence-corrected chi connectivity index (χ4v) is 6.91. The van der Waals surface area contributed by atoms with Crippen molar-refractivity contribution in [3.63, 3.8) is 0 Å². The predicted molar refractivity (Wildman–Crippen MR) is 97.3 cm³/mol. The molecule has 0 amide bonds. The van der Waals surface area contributed by atoms with Crippen LogP contribution in [0.4, 0.5) is 0 Å². The van der Waals surface area contributed by atoms with E-state index in [0.29, 0.717) is 17.3 Å². The Balaban J connectivity index is 1.70. The van der Waals surface area contributed by atoms with Crippen LogP contribution in [0.2, 0.25) is 0 Å². The Morgan fingerprint density at radius 2 is 2.04 bits per heavy atom. The average molecular weight is 328 g/mol. The Hall–Kier alpha value is -1.02. The standard InChI is InChI=1S/C22H32O2/c1-13-11-15-12-16(24-4)5-6-17(15)18-9-10-22(3)19(14(2)23)7-8-20(22)21(13)18/h5-6,12-14,18-21,23H,7-11H2,1-4H3/t13-,14+,18-,19-,20-,21-,22-/m1/s1. The van der Waals surface area contributed by atoms with E-state index < -0.39 is 0 Å². The molecule has 2 saturated carbocycles. The van der Waals surface area contributed by atoms with E-state index in [1.165, 1.54) is 37.7 Å². The maximum absolute atomic E-state index is 10.3. The summed E-state index contributed by atoms with van der Waals surface area (Å²) in [5.74, 6) is 4.49. The Bertz CT molecular complexity index is 622. The second kappa shape index (κ2) is 5.76. The molecule has 0 radical (unpaired) electrons. The minimum Gasteiger partial charge on any atom is -0.497 e. The lowest BCUT2D eigenvalue weighted by Gasteiger charge is -2.53. The number of hydrogen-bond acceptors (Lipinski definition) is 2. The van der Waals surface area contributed by atoms with Crippen molar-refractivity contribution in [2.75, 3.05) is 7.11 Å². The van der Waals surface area contributed by atoms with E-state index in [1.54, 1.807) is 12.7 Å². The first-order chi connectivity index (χ1) is 11.5. The third-order valence-electron chi connectivity index (χ3n) is 7.94. The first-order valence-electron chi connectivity index (χ1n) is 9.80. The number of aliphatic hydroxyl groups is 1. The summed E-state index contributed by atoms with van der Waals surface area (Å²) in [5, 5.41) is 10.3. The molecule has 2 fully saturated rings. The lowest BCUT2D eigenvalue weighted by molar-refractivity contribution is -0.0310. The summed E-state index contributed by atoms with van der Waals surface area (Å²) in [5.41, 5.74) is 3.44. The van der Waals surface area contributed by atoms with Crippen molar-refractivity contribution in [3.8, 4) is 5.75 Å². The zero-order valence-electron chi connectivity index (χ0n) is 15.6. The first-order valence-corrected chi connectivity index (χ1v) is 9.80. The SMILES string of the molecule is COc1ccc2c(c1)C[C@@H](C)[C@@H]1[C@@H]2CC[C@@]2(C)[C@@H]1CC[C@@H]2[C@H](C)O. The molecule has 24 heavy (non-hydrogen) atoms. The molecule has 1 N–H and O–H groups in total. The number of methoxy groups -OCH3 is 1. The maximum atomic E-state index is 10.3. The van der Waals surface area contributed by atoms with Crippen LogP contribution in [0, 0.1) is 29.1 Å². The molecule has 0 heterocycles. The monoisotopic (exact) mass is 328 g/mol. The lowest BCUT2D eigenvalue weighted by Crippen LogP contribution is -2.46. The Morgan fingerprint density at radius 1 is 1.25 bits per heavy atom. The van der Waals surface area contributed by atoms with Gasteiger partial charge in [-0.3, -0.25) is 0 Å². The fraction of sp³-hybridized carbons (Fsp3) is 0.727. The third kappa shape index (κ3) is 2.25. The molecule has 3 aliphatic carbocycles. The van der Waals surface area contributed by atoms with Gasteiger partial charge >= 0.3 is 0 Å². The number of hydrogen-bond donors (Lipinski definition) is 1. The lowest BCUT2D eigenvalue weighted by atomic mass is 9.51. The van der Waals surface area contributed by atoms with E-state index in [4.69, 9.17) is 4.74 Å². The molecule has 0 unspecified atom stereocenters. The van der Waals surface area contributed by atoms with Crippen molar-refractivity contribution < 1.29 is 9.84 Å². The fourth-order valence-electron chi connectivity index (χ4n) is 6.91. The molecule has 0 bridgehead atoms. The van der Waals surface area contributed by atoms with Crippen LogP contribution in [0.15, 0.2) is 18.2 Å². The summed E-state index contributed by atoms with van der Waals surface area (Å²) >= 11 is 0. The van der Waals surface area contributed by atoms with Crippen LogP contribution in [-0.4, -0.2) is 18.3 Å². The van der Waals surface area contributed by atoms with Crippen LogP contribution < -0.4 is 4.74 Å². The number of benzene rings is 1. The summed E-state index contributed by atoms with van der Waals surface area (Å²) < 4.78 is 5.45. The average Bonchev–Trinajstić information content (AvgIpc) is 2.91. The molecule has 4 rings (SSSR count). The van der Waals surface area contributed by atoms with Crippen molar-refractivity contribution in [1.29, 1.82) is 0 Å². The summed E-state index contributed by atoms with van der Waals surface area (Å²) in [6, 6.07) is 6.75. The van der Waals surface area contributed by atoms with Crippen LogP contribution in [-0.2, 0) is 6.42 Å². The summed E-state index contributed by atoms with van der Waals surface area (Å²) in [7, 11) is 1.76. The minimum absolute atomic E-state index is 0.160. The van der Waals surface area contributed by atoms with Gasteiger partial charge in [0, 0.05) is 0 Å². The van der Waals surface area contributed by atoms with Gasteiger partial charge in [-0.25, -0.2) is 0 Å². The molecule has 0 spiro atoms. The highest BCUT2D eigenvalue weighted by atomic mass is 16.5. The summed E-state index contributed by atoms with van der Waals surface area (Å²) in [6.45, 7) is 6.95. The zero-order valence-corrected chi connectivity index (χ0v) is 15.6. The quantitative estimate of drug-likeness (QED) is 0.845. The van der Waals surface area contributed by atoms with E-state index in [0.717, 1.165) is 23.5 Å². The largest absolute Gasteiger partial charge is 0.497 e. The van der Waals surface area contributed by atoms with E-state index in [-0.39, 0.29) is 6.10 Å². The summed E-state index contributed by atoms with van der Waals surface area (Å²) in [4.78, 5) is 0. The molecule has 0 aliphatic heterocycles. The molecule has 0 aromatic heterocycles. The molecule has 1 aromatic carbocycles. The Morgan fingerprint density at radius 3 is 2.75 bits per heavy atom. The molecule has 132 valence electrons. The van der Waals surface area contributed by atoms with Crippen LogP contribution in [0.3, 0.4) is 0 Å². The summed E-state index contributed by atoms with van der Waals surface area (Å²) in [6.07, 6.45) is 6.09. The van der Waals surface area contributed by atoms with Crippen LogP contribution >= 0.6 is 0 Å². The van der Waals surface area contributed by atoms with Gasteiger partial charge in [0.15, 0.2) is 0 Å². The van der Waals surface area contributed by atoms with E-state index in [2.05, 4.69) is 32.0 Å². The van der Waals surface area contributed by atoms with Gasteiger partial charge in [0.2, 0.25) is 0 Å². The Labute approximate surface area is 146 Å². The molecule has 1 aromatic rings. The second-order valence-corrected chi connectivity index (χ2v) is 9.01. The van der Waals surface area contributed by atoms with E-state index in [9.17, 15) is 5.11 Å². The molecule has 0 saturated heterocycles. The highest BCUT2D eigenvalue weighted by Gasteiger charge is 2.56. The van der Waals surface area contributed by atoms with Crippen molar-refractivity contribution in [3.05, 3.63) is 29.3 Å². The van der Waals surface area contributed by atoms with Crippen molar-refractivity contribution in [2.24, 2.45) is 29.1 Å². The number of aliphatic hydroxyl groups excluding tert-OH is 1. The highest BCUT2D eigenvalue weighted by molar-refractivity contribution is 5.41. The van der Waals surface area contributed by atoms with Gasteiger partial charge in [-0.15, -0.1) is 0 Å². The molecule has 3 aliphatic rings. The molecule has 7 atom stereocenters. The predicted octanol–water partition coefficient (Wildman–Crippen LogP) is 4.79. The normalized spacial score (nSPS) is 42.0. The second-order valence-electron chi connectivity index (χ2n) is 9.01. The molecule has 2 nitrogen and oxygen atoms in total. The number of ether oxygens (including phenoxy) is 1. The van der Waals surface area contributed by atoms with Gasteiger partial charge in [-0.1, -0.05) is 19.9 Å².